The van der Waals surface area contributed by atoms with Crippen LogP contribution in [0.15, 0.2) is 0 Å². The van der Waals surface area contributed by atoms with Crippen LogP contribution in [0.4, 0.5) is 0 Å². The fourth-order valence-corrected chi connectivity index (χ4v) is 12.9. The first-order valence-electron chi connectivity index (χ1n) is 13.9. The Labute approximate surface area is 341 Å². The monoisotopic (exact) mass is 960 g/mol. The molecular weight excluding hydrogens is 890 g/mol. The molecule has 0 radical (unpaired) electrons. The first-order valence-corrected chi connectivity index (χ1v) is 20.3. The van der Waals surface area contributed by atoms with Crippen LogP contribution in [-0.4, -0.2) is 225 Å². The molecule has 0 bridgehead atoms. The molecule has 0 aliphatic rings. The molecule has 0 rings (SSSR count). The van der Waals surface area contributed by atoms with E-state index in [2.05, 4.69) is 0 Å². The molecule has 312 valence electrons. The van der Waals surface area contributed by atoms with Crippen LogP contribution in [0.2, 0.25) is 0 Å². The van der Waals surface area contributed by atoms with Gasteiger partial charge in [0.15, 0.2) is 0 Å². The van der Waals surface area contributed by atoms with Crippen LogP contribution in [0.3, 0.4) is 0 Å². The summed E-state index contributed by atoms with van der Waals surface area (Å²) in [7, 11) is 36.4. The maximum Gasteiger partial charge on any atom is 1.00 e. The number of nitrogens with zero attached hydrogens (tertiary/aromatic N) is 16. The Balaban J connectivity index is -0.0000000721. The van der Waals surface area contributed by atoms with E-state index in [0.717, 1.165) is 0 Å². The maximum absolute atomic E-state index is 10.1. The minimum absolute atomic E-state index is 0. The van der Waals surface area contributed by atoms with Gasteiger partial charge in [0.25, 0.3) is 0 Å². The van der Waals surface area contributed by atoms with Crippen LogP contribution in [0, 0.1) is 0 Å². The molecule has 0 unspecified atom stereocenters. The van der Waals surface area contributed by atoms with E-state index in [1.54, 1.807) is 0 Å². The Morgan fingerprint density at radius 2 is 0.229 bits per heavy atom. The zero-order chi connectivity index (χ0) is 36.9. The fraction of sp³-hybridized carbons (Fsp3) is 1.00. The third-order valence-electron chi connectivity index (χ3n) is 6.44. The molecule has 0 aliphatic carbocycles. The van der Waals surface area contributed by atoms with Crippen molar-refractivity contribution in [2.75, 3.05) is 169 Å². The smallest absolute Gasteiger partial charge is 0.770 e. The minimum Gasteiger partial charge on any atom is -0.770 e. The van der Waals surface area contributed by atoms with Crippen molar-refractivity contribution >= 4 is 30.0 Å². The summed E-state index contributed by atoms with van der Waals surface area (Å²) in [6.45, 7) is 0. The topological polar surface area (TPSA) is 128 Å². The van der Waals surface area contributed by atoms with Crippen molar-refractivity contribution in [2.24, 2.45) is 0 Å². The molecular formula is C24H72Cu4N16P4. The van der Waals surface area contributed by atoms with E-state index in [1.807, 2.05) is 225 Å². The zero-order valence-corrected chi connectivity index (χ0v) is 41.5. The van der Waals surface area contributed by atoms with E-state index in [0.29, 0.717) is 0 Å². The van der Waals surface area contributed by atoms with Crippen molar-refractivity contribution in [3.8, 4) is 0 Å². The van der Waals surface area contributed by atoms with Gasteiger partial charge in [-0.15, -0.1) is 0 Å². The first-order chi connectivity index (χ1) is 19.3. The molecule has 0 saturated heterocycles. The van der Waals surface area contributed by atoms with Crippen LogP contribution in [0.5, 0.6) is 0 Å². The second kappa shape index (κ2) is 29.8. The van der Waals surface area contributed by atoms with Crippen molar-refractivity contribution < 1.29 is 68.3 Å². The van der Waals surface area contributed by atoms with Crippen molar-refractivity contribution in [3.05, 3.63) is 20.6 Å². The van der Waals surface area contributed by atoms with Crippen LogP contribution < -0.4 is 0 Å². The van der Waals surface area contributed by atoms with Crippen molar-refractivity contribution in [1.82, 2.24) is 56.0 Å². The molecule has 0 aliphatic heterocycles. The largest absolute Gasteiger partial charge is 1.00 e. The summed E-state index contributed by atoms with van der Waals surface area (Å²) >= 11 is 0. The third-order valence-corrected chi connectivity index (χ3v) is 19.3. The number of rotatable bonds is 12. The molecule has 0 N–H and O–H groups in total. The SMILES string of the molecule is CN(C)P(=[N-])(N(C)C)N(C)C.CN(C)P(=[N-])(N(C)C)N(C)C.CN(C)P(=[N-])(N(C)C)N(C)C.CN(C)P(=[N-])(N(C)C)N(C)C.[Cu+].[Cu+].[Cu+].[Cu+]. The molecule has 24 heteroatoms. The van der Waals surface area contributed by atoms with Crippen LogP contribution >= 0.6 is 30.0 Å². The molecule has 0 aromatic rings. The minimum atomic E-state index is -2.19. The Morgan fingerprint density at radius 3 is 0.229 bits per heavy atom. The van der Waals surface area contributed by atoms with Crippen LogP contribution in [-0.2, 0) is 68.3 Å². The summed E-state index contributed by atoms with van der Waals surface area (Å²) < 4.78 is 22.3. The first kappa shape index (κ1) is 68.5. The number of hydrogen-bond acceptors (Lipinski definition) is 0. The molecule has 0 aromatic heterocycles. The van der Waals surface area contributed by atoms with Gasteiger partial charge < -0.3 is 20.6 Å². The predicted octanol–water partition coefficient (Wildman–Crippen LogP) is 4.74. The van der Waals surface area contributed by atoms with E-state index < -0.39 is 30.0 Å². The molecule has 0 spiro atoms. The molecule has 0 amide bonds. The van der Waals surface area contributed by atoms with Crippen LogP contribution in [0.1, 0.15) is 0 Å². The molecule has 0 aromatic carbocycles. The molecule has 0 fully saturated rings. The molecule has 48 heavy (non-hydrogen) atoms. The van der Waals surface area contributed by atoms with Crippen molar-refractivity contribution in [2.45, 2.75) is 0 Å². The zero-order valence-electron chi connectivity index (χ0n) is 34.2. The fourth-order valence-electron chi connectivity index (χ4n) is 4.29. The van der Waals surface area contributed by atoms with Gasteiger partial charge in [-0.3, -0.25) is 56.0 Å². The van der Waals surface area contributed by atoms with Gasteiger partial charge in [0, 0.05) is 0 Å². The van der Waals surface area contributed by atoms with Gasteiger partial charge in [-0.05, 0) is 199 Å². The van der Waals surface area contributed by atoms with E-state index >= 15 is 0 Å². The van der Waals surface area contributed by atoms with Gasteiger partial charge in [-0.2, -0.15) is 0 Å². The Bertz CT molecular complexity index is 714. The normalized spacial score (nSPS) is 12.4. The summed E-state index contributed by atoms with van der Waals surface area (Å²) in [5.74, 6) is 0. The molecule has 0 saturated carbocycles. The summed E-state index contributed by atoms with van der Waals surface area (Å²) in [6.07, 6.45) is 0. The molecule has 0 atom stereocenters. The molecule has 0 heterocycles. The average molecular weight is 963 g/mol. The Hall–Kier alpha value is 2.52. The van der Waals surface area contributed by atoms with E-state index in [-0.39, 0.29) is 68.3 Å². The second-order valence-corrected chi connectivity index (χ2v) is 26.2. The number of hydrogen-bond donors (Lipinski definition) is 0. The van der Waals surface area contributed by atoms with Crippen molar-refractivity contribution in [1.29, 1.82) is 0 Å². The van der Waals surface area contributed by atoms with Crippen molar-refractivity contribution in [3.63, 3.8) is 0 Å². The van der Waals surface area contributed by atoms with E-state index in [9.17, 15) is 20.6 Å². The second-order valence-electron chi connectivity index (χ2n) is 12.3. The summed E-state index contributed by atoms with van der Waals surface area (Å²) in [6, 6.07) is 0. The quantitative estimate of drug-likeness (QED) is 0.198. The van der Waals surface area contributed by atoms with Gasteiger partial charge in [-0.1, -0.05) is 0 Å². The standard InChI is InChI=1S/4C6H18N4P.4Cu/c4*1-8(2)11(7,9(3)4)10(5)6;;;;/h4*1-6H3;;;;/q4*-1;4*+1. The summed E-state index contributed by atoms with van der Waals surface area (Å²) in [5.41, 5.74) is 0. The van der Waals surface area contributed by atoms with E-state index in [4.69, 9.17) is 0 Å². The maximum atomic E-state index is 10.1. The Kier molecular flexibility index (Phi) is 42.6. The van der Waals surface area contributed by atoms with E-state index in [1.165, 1.54) is 0 Å². The van der Waals surface area contributed by atoms with Gasteiger partial charge >= 0.3 is 68.3 Å². The van der Waals surface area contributed by atoms with Gasteiger partial charge in [0.2, 0.25) is 0 Å². The van der Waals surface area contributed by atoms with Crippen LogP contribution in [0.25, 0.3) is 20.6 Å². The van der Waals surface area contributed by atoms with Gasteiger partial charge in [-0.25, -0.2) is 0 Å². The molecule has 16 nitrogen and oxygen atoms in total. The van der Waals surface area contributed by atoms with Gasteiger partial charge in [0.1, 0.15) is 0 Å². The third kappa shape index (κ3) is 19.7. The van der Waals surface area contributed by atoms with Gasteiger partial charge in [0.05, 0.1) is 0 Å². The average Bonchev–Trinajstić information content (AvgIpc) is 2.85. The predicted molar refractivity (Wildman–Crippen MR) is 205 cm³/mol. The summed E-state index contributed by atoms with van der Waals surface area (Å²) in [4.78, 5) is 0. The Morgan fingerprint density at radius 1 is 0.188 bits per heavy atom. The summed E-state index contributed by atoms with van der Waals surface area (Å²) in [5, 5.41) is 40.5.